The maximum Gasteiger partial charge on any atom is 0.327 e. The molecule has 6 unspecified atom stereocenters. The van der Waals surface area contributed by atoms with Crippen LogP contribution in [0.3, 0.4) is 0 Å². The first kappa shape index (κ1) is 17.8. The van der Waals surface area contributed by atoms with Crippen LogP contribution < -0.4 is 0 Å². The summed E-state index contributed by atoms with van der Waals surface area (Å²) in [5.41, 5.74) is -2.45. The van der Waals surface area contributed by atoms with Crippen molar-refractivity contribution in [3.63, 3.8) is 0 Å². The lowest BCUT2D eigenvalue weighted by atomic mass is 9.44. The molecular weight excluding hydrogens is 330 g/mol. The predicted molar refractivity (Wildman–Crippen MR) is 93.5 cm³/mol. The highest BCUT2D eigenvalue weighted by molar-refractivity contribution is 5.91. The molecule has 1 spiro atoms. The highest BCUT2D eigenvalue weighted by Gasteiger charge is 3.06. The van der Waals surface area contributed by atoms with Crippen molar-refractivity contribution in [3.05, 3.63) is 0 Å². The molecule has 0 aromatic rings. The van der Waals surface area contributed by atoms with Gasteiger partial charge in [-0.25, -0.2) is 0 Å². The zero-order valence-corrected chi connectivity index (χ0v) is 16.9. The van der Waals surface area contributed by atoms with E-state index in [9.17, 15) is 14.9 Å². The maximum absolute atomic E-state index is 13.3. The number of hydrogen-bond donors (Lipinski definition) is 0. The van der Waals surface area contributed by atoms with Crippen LogP contribution in [0.2, 0.25) is 0 Å². The van der Waals surface area contributed by atoms with Crippen molar-refractivity contribution >= 4 is 11.9 Å². The van der Waals surface area contributed by atoms with Crippen molar-refractivity contribution in [2.45, 2.75) is 79.9 Å². The zero-order valence-electron chi connectivity index (χ0n) is 16.9. The fraction of sp³-hybridized carbons (Fsp3) is 0.857. The van der Waals surface area contributed by atoms with Gasteiger partial charge in [0.2, 0.25) is 0 Å². The topological polar surface area (TPSA) is 76.4 Å². The lowest BCUT2D eigenvalue weighted by molar-refractivity contribution is -0.227. The molecule has 0 aromatic heterocycles. The first-order valence-electron chi connectivity index (χ1n) is 9.54. The van der Waals surface area contributed by atoms with E-state index < -0.39 is 22.9 Å². The zero-order chi connectivity index (χ0) is 19.6. The second-order valence-electron chi connectivity index (χ2n) is 11.5. The smallest absolute Gasteiger partial charge is 0.327 e. The number of hydrogen-bond acceptors (Lipinski definition) is 5. The van der Waals surface area contributed by atoms with Gasteiger partial charge in [0.25, 0.3) is 0 Å². The Hall–Kier alpha value is -1.57. The first-order valence-corrected chi connectivity index (χ1v) is 9.54. The molecule has 1 aliphatic heterocycles. The van der Waals surface area contributed by atoms with Crippen LogP contribution >= 0.6 is 0 Å². The SMILES string of the molecule is CC(C)(C)CC(C)(C(=O)OC1C2OC(=O)C3(C#N)CC14CC234)C(C)(C)C. The van der Waals surface area contributed by atoms with Crippen molar-refractivity contribution < 1.29 is 19.1 Å². The molecule has 142 valence electrons. The van der Waals surface area contributed by atoms with Crippen LogP contribution in [0.25, 0.3) is 0 Å². The molecule has 3 aliphatic carbocycles. The monoisotopic (exact) mass is 359 g/mol. The Labute approximate surface area is 155 Å². The summed E-state index contributed by atoms with van der Waals surface area (Å²) < 4.78 is 11.6. The minimum absolute atomic E-state index is 0.0193. The van der Waals surface area contributed by atoms with Gasteiger partial charge in [-0.2, -0.15) is 5.26 Å². The molecule has 5 heteroatoms. The van der Waals surface area contributed by atoms with Gasteiger partial charge in [0, 0.05) is 5.41 Å². The number of ether oxygens (including phenoxy) is 2. The molecule has 4 rings (SSSR count). The van der Waals surface area contributed by atoms with Crippen molar-refractivity contribution in [1.29, 1.82) is 5.26 Å². The van der Waals surface area contributed by atoms with Crippen LogP contribution in [-0.4, -0.2) is 24.1 Å². The molecule has 26 heavy (non-hydrogen) atoms. The summed E-state index contributed by atoms with van der Waals surface area (Å²) in [4.78, 5) is 25.5. The average molecular weight is 359 g/mol. The molecule has 0 N–H and O–H groups in total. The van der Waals surface area contributed by atoms with E-state index in [1.54, 1.807) is 0 Å². The van der Waals surface area contributed by atoms with Gasteiger partial charge in [-0.1, -0.05) is 41.5 Å². The van der Waals surface area contributed by atoms with Gasteiger partial charge in [-0.3, -0.25) is 9.59 Å². The summed E-state index contributed by atoms with van der Waals surface area (Å²) in [5.74, 6) is -0.623. The Morgan fingerprint density at radius 2 is 1.85 bits per heavy atom. The van der Waals surface area contributed by atoms with E-state index in [4.69, 9.17) is 9.47 Å². The van der Waals surface area contributed by atoms with Gasteiger partial charge in [-0.15, -0.1) is 0 Å². The van der Waals surface area contributed by atoms with E-state index >= 15 is 0 Å². The maximum atomic E-state index is 13.3. The molecular formula is C21H29NO4. The molecule has 1 heterocycles. The van der Waals surface area contributed by atoms with Crippen LogP contribution in [0.5, 0.6) is 0 Å². The number of rotatable bonds is 3. The largest absolute Gasteiger partial charge is 0.457 e. The number of nitrogens with zero attached hydrogens (tertiary/aromatic N) is 1. The molecule has 0 amide bonds. The van der Waals surface area contributed by atoms with E-state index in [0.29, 0.717) is 12.8 Å². The minimum Gasteiger partial charge on any atom is -0.457 e. The van der Waals surface area contributed by atoms with Gasteiger partial charge >= 0.3 is 11.9 Å². The Balaban J connectivity index is 1.57. The van der Waals surface area contributed by atoms with E-state index in [1.807, 2.05) is 6.92 Å². The highest BCUT2D eigenvalue weighted by atomic mass is 16.6. The van der Waals surface area contributed by atoms with Crippen molar-refractivity contribution in [3.8, 4) is 6.07 Å². The first-order chi connectivity index (χ1) is 11.7. The van der Waals surface area contributed by atoms with Crippen molar-refractivity contribution in [2.24, 2.45) is 32.5 Å². The van der Waals surface area contributed by atoms with Crippen LogP contribution in [-0.2, 0) is 19.1 Å². The number of esters is 2. The average Bonchev–Trinajstić information content (AvgIpc) is 2.86. The lowest BCUT2D eigenvalue weighted by Gasteiger charge is -2.57. The van der Waals surface area contributed by atoms with E-state index in [2.05, 4.69) is 47.6 Å². The van der Waals surface area contributed by atoms with Crippen LogP contribution in [0.15, 0.2) is 0 Å². The molecule has 1 saturated heterocycles. The summed E-state index contributed by atoms with van der Waals surface area (Å²) in [7, 11) is 0. The fourth-order valence-corrected chi connectivity index (χ4v) is 6.25. The third kappa shape index (κ3) is 1.59. The third-order valence-electron chi connectivity index (χ3n) is 8.00. The standard InChI is InChI=1S/C21H29NO4/c1-16(2,3)8-18(7,17(4,5)6)14(23)25-12-13-21-10-19(12,21)9-20(21,11-22)15(24)26-13/h12-13H,8-10H2,1-7H3. The summed E-state index contributed by atoms with van der Waals surface area (Å²) >= 11 is 0. The van der Waals surface area contributed by atoms with Crippen LogP contribution in [0, 0.1) is 43.8 Å². The molecule has 3 saturated carbocycles. The second kappa shape index (κ2) is 4.29. The van der Waals surface area contributed by atoms with Crippen LogP contribution in [0.1, 0.15) is 67.7 Å². The minimum atomic E-state index is -0.973. The quantitative estimate of drug-likeness (QED) is 0.719. The number of nitriles is 1. The van der Waals surface area contributed by atoms with E-state index in [-0.39, 0.29) is 33.7 Å². The van der Waals surface area contributed by atoms with Gasteiger partial charge < -0.3 is 9.47 Å². The van der Waals surface area contributed by atoms with E-state index in [1.165, 1.54) is 0 Å². The fourth-order valence-electron chi connectivity index (χ4n) is 6.25. The van der Waals surface area contributed by atoms with Crippen molar-refractivity contribution in [2.75, 3.05) is 0 Å². The number of carbonyl (C=O) groups is 2. The summed E-state index contributed by atoms with van der Waals surface area (Å²) in [6.07, 6.45) is 1.15. The third-order valence-corrected chi connectivity index (χ3v) is 8.00. The molecule has 4 fully saturated rings. The Morgan fingerprint density at radius 1 is 1.23 bits per heavy atom. The van der Waals surface area contributed by atoms with Gasteiger partial charge in [0.15, 0.2) is 5.41 Å². The molecule has 5 nitrogen and oxygen atoms in total. The highest BCUT2D eigenvalue weighted by Crippen LogP contribution is 2.98. The molecule has 0 bridgehead atoms. The summed E-state index contributed by atoms with van der Waals surface area (Å²) in [6, 6.07) is 2.21. The van der Waals surface area contributed by atoms with E-state index in [0.717, 1.165) is 6.42 Å². The van der Waals surface area contributed by atoms with Crippen molar-refractivity contribution in [1.82, 2.24) is 0 Å². The number of carbonyl (C=O) groups excluding carboxylic acids is 2. The molecule has 4 aliphatic rings. The normalized spacial score (nSPS) is 44.3. The molecule has 0 aromatic carbocycles. The Kier molecular flexibility index (Phi) is 2.94. The van der Waals surface area contributed by atoms with Gasteiger partial charge in [0.1, 0.15) is 12.2 Å². The Morgan fingerprint density at radius 3 is 2.35 bits per heavy atom. The van der Waals surface area contributed by atoms with Crippen LogP contribution in [0.4, 0.5) is 0 Å². The summed E-state index contributed by atoms with van der Waals surface area (Å²) in [5, 5.41) is 9.52. The second-order valence-corrected chi connectivity index (χ2v) is 11.5. The van der Waals surface area contributed by atoms with Gasteiger partial charge in [-0.05, 0) is 37.0 Å². The lowest BCUT2D eigenvalue weighted by Crippen LogP contribution is -2.68. The Bertz CT molecular complexity index is 768. The summed E-state index contributed by atoms with van der Waals surface area (Å²) in [6.45, 7) is 14.6. The molecule has 0 radical (unpaired) electrons. The van der Waals surface area contributed by atoms with Gasteiger partial charge in [0.05, 0.1) is 16.9 Å². The molecule has 6 atom stereocenters. The predicted octanol–water partition coefficient (Wildman–Crippen LogP) is 3.62.